The van der Waals surface area contributed by atoms with Crippen LogP contribution >= 0.6 is 0 Å². The van der Waals surface area contributed by atoms with Gasteiger partial charge in [-0.15, -0.1) is 0 Å². The number of benzene rings is 2. The van der Waals surface area contributed by atoms with E-state index in [9.17, 15) is 13.6 Å². The number of ether oxygens (including phenoxy) is 2. The highest BCUT2D eigenvalue weighted by atomic mass is 19.1. The average Bonchev–Trinajstić information content (AvgIpc) is 3.34. The van der Waals surface area contributed by atoms with Gasteiger partial charge in [0.25, 0.3) is 6.01 Å². The van der Waals surface area contributed by atoms with Crippen LogP contribution in [0.25, 0.3) is 11.1 Å². The third-order valence-corrected chi connectivity index (χ3v) is 7.00. The summed E-state index contributed by atoms with van der Waals surface area (Å²) >= 11 is 0. The van der Waals surface area contributed by atoms with E-state index in [0.717, 1.165) is 11.3 Å². The minimum absolute atomic E-state index is 0.0289. The number of hydrogen-bond donors (Lipinski definition) is 0. The Labute approximate surface area is 208 Å². The molecule has 0 bridgehead atoms. The number of amides is 1. The molecule has 0 saturated carbocycles. The van der Waals surface area contributed by atoms with Crippen molar-refractivity contribution in [1.29, 1.82) is 0 Å². The first-order valence-corrected chi connectivity index (χ1v) is 12.2. The third kappa shape index (κ3) is 5.09. The lowest BCUT2D eigenvalue weighted by Gasteiger charge is -2.35. The lowest BCUT2D eigenvalue weighted by atomic mass is 10.1. The summed E-state index contributed by atoms with van der Waals surface area (Å²) in [6.07, 6.45) is 1.34. The van der Waals surface area contributed by atoms with Crippen molar-refractivity contribution in [3.8, 4) is 5.75 Å². The molecule has 2 fully saturated rings. The molecule has 2 aromatic carbocycles. The smallest absolute Gasteiger partial charge is 0.298 e. The molecule has 2 aliphatic rings. The minimum Gasteiger partial charge on any atom is -0.497 e. The maximum absolute atomic E-state index is 13.9. The monoisotopic (exact) mass is 500 g/mol. The Morgan fingerprint density at radius 1 is 1.03 bits per heavy atom. The zero-order valence-electron chi connectivity index (χ0n) is 20.5. The lowest BCUT2D eigenvalue weighted by Crippen LogP contribution is -2.50. The van der Waals surface area contributed by atoms with Crippen LogP contribution in [0.3, 0.4) is 0 Å². The summed E-state index contributed by atoms with van der Waals surface area (Å²) in [6.45, 7) is 5.07. The van der Waals surface area contributed by atoms with Gasteiger partial charge in [0.1, 0.15) is 29.5 Å². The van der Waals surface area contributed by atoms with Crippen LogP contribution in [0.1, 0.15) is 18.4 Å². The largest absolute Gasteiger partial charge is 0.497 e. The molecule has 3 heterocycles. The molecular weight excluding hydrogens is 470 g/mol. The molecule has 5 rings (SSSR count). The Morgan fingerprint density at radius 2 is 1.72 bits per heavy atom. The highest BCUT2D eigenvalue weighted by Gasteiger charge is 2.26. The van der Waals surface area contributed by atoms with Crippen LogP contribution in [0.4, 0.5) is 20.5 Å². The second-order valence-corrected chi connectivity index (χ2v) is 9.23. The normalized spacial score (nSPS) is 17.2. The van der Waals surface area contributed by atoms with Gasteiger partial charge in [-0.3, -0.25) is 4.79 Å². The van der Waals surface area contributed by atoms with Gasteiger partial charge in [-0.1, -0.05) is 0 Å². The SMILES string of the molecule is COc1ccc2oc(N3CCN(C(=O)COC4CCN(c5cc(F)c(C)c(F)c5)CC4)CC3)nc2c1. The van der Waals surface area contributed by atoms with Crippen LogP contribution in [0.2, 0.25) is 0 Å². The highest BCUT2D eigenvalue weighted by molar-refractivity contribution is 5.78. The fourth-order valence-corrected chi connectivity index (χ4v) is 4.68. The minimum atomic E-state index is -0.537. The van der Waals surface area contributed by atoms with Crippen LogP contribution in [-0.2, 0) is 9.53 Å². The molecule has 3 aromatic rings. The van der Waals surface area contributed by atoms with E-state index >= 15 is 0 Å². The van der Waals surface area contributed by atoms with Crippen molar-refractivity contribution in [3.05, 3.63) is 47.5 Å². The van der Waals surface area contributed by atoms with Gasteiger partial charge in [-0.2, -0.15) is 4.98 Å². The van der Waals surface area contributed by atoms with Gasteiger partial charge < -0.3 is 28.6 Å². The Bertz CT molecular complexity index is 1210. The molecule has 0 spiro atoms. The predicted molar refractivity (Wildman–Crippen MR) is 132 cm³/mol. The highest BCUT2D eigenvalue weighted by Crippen LogP contribution is 2.27. The third-order valence-electron chi connectivity index (χ3n) is 7.00. The number of hydrogen-bond acceptors (Lipinski definition) is 7. The van der Waals surface area contributed by atoms with Crippen molar-refractivity contribution >= 4 is 28.7 Å². The molecule has 2 saturated heterocycles. The van der Waals surface area contributed by atoms with E-state index in [4.69, 9.17) is 13.9 Å². The molecular formula is C26H30F2N4O4. The fourth-order valence-electron chi connectivity index (χ4n) is 4.68. The van der Waals surface area contributed by atoms with E-state index in [1.165, 1.54) is 19.1 Å². The molecule has 0 N–H and O–H groups in total. The van der Waals surface area contributed by atoms with Gasteiger partial charge in [0, 0.05) is 56.6 Å². The maximum Gasteiger partial charge on any atom is 0.298 e. The number of fused-ring (bicyclic) bond motifs is 1. The Balaban J connectivity index is 1.07. The van der Waals surface area contributed by atoms with Gasteiger partial charge in [0.15, 0.2) is 5.58 Å². The summed E-state index contributed by atoms with van der Waals surface area (Å²) < 4.78 is 44.8. The summed E-state index contributed by atoms with van der Waals surface area (Å²) in [5.74, 6) is -0.390. The first-order chi connectivity index (χ1) is 17.4. The van der Waals surface area contributed by atoms with Crippen LogP contribution in [0.5, 0.6) is 5.75 Å². The van der Waals surface area contributed by atoms with Crippen molar-refractivity contribution in [2.75, 3.05) is 62.8 Å². The van der Waals surface area contributed by atoms with Crippen LogP contribution in [0.15, 0.2) is 34.7 Å². The van der Waals surface area contributed by atoms with E-state index < -0.39 is 11.6 Å². The second-order valence-electron chi connectivity index (χ2n) is 9.23. The van der Waals surface area contributed by atoms with Crippen LogP contribution in [-0.4, -0.2) is 74.9 Å². The Kier molecular flexibility index (Phi) is 6.95. The molecule has 8 nitrogen and oxygen atoms in total. The lowest BCUT2D eigenvalue weighted by molar-refractivity contribution is -0.138. The summed E-state index contributed by atoms with van der Waals surface area (Å²) in [5.41, 5.74) is 2.01. The van der Waals surface area contributed by atoms with Crippen LogP contribution in [0, 0.1) is 18.6 Å². The second kappa shape index (κ2) is 10.3. The molecule has 1 amide bonds. The summed E-state index contributed by atoms with van der Waals surface area (Å²) in [4.78, 5) is 23.1. The fraction of sp³-hybridized carbons (Fsp3) is 0.462. The van der Waals surface area contributed by atoms with Gasteiger partial charge in [-0.25, -0.2) is 8.78 Å². The first-order valence-electron chi connectivity index (χ1n) is 12.2. The standard InChI is InChI=1S/C26H30F2N4O4/c1-17-21(27)13-18(14-22(17)28)30-7-5-19(6-8-30)35-16-25(33)31-9-11-32(12-10-31)26-29-23-15-20(34-2)3-4-24(23)36-26/h3-4,13-15,19H,5-12,16H2,1-2H3. The zero-order chi connectivity index (χ0) is 25.2. The van der Waals surface area contributed by atoms with E-state index in [1.54, 1.807) is 12.0 Å². The van der Waals surface area contributed by atoms with Crippen LogP contribution < -0.4 is 14.5 Å². The van der Waals surface area contributed by atoms with E-state index in [0.29, 0.717) is 69.4 Å². The number of piperazine rings is 1. The molecule has 1 aromatic heterocycles. The number of carbonyl (C=O) groups excluding carboxylic acids is 1. The molecule has 2 aliphatic heterocycles. The molecule has 192 valence electrons. The number of halogens is 2. The number of rotatable bonds is 6. The zero-order valence-corrected chi connectivity index (χ0v) is 20.5. The number of oxazole rings is 1. The number of carbonyl (C=O) groups is 1. The number of aromatic nitrogens is 1. The molecule has 0 radical (unpaired) electrons. The number of nitrogens with zero attached hydrogens (tertiary/aromatic N) is 4. The summed E-state index contributed by atoms with van der Waals surface area (Å²) in [5, 5.41) is 0. The van der Waals surface area contributed by atoms with Crippen molar-refractivity contribution in [1.82, 2.24) is 9.88 Å². The first kappa shape index (κ1) is 24.3. The van der Waals surface area contributed by atoms with Gasteiger partial charge >= 0.3 is 0 Å². The van der Waals surface area contributed by atoms with Gasteiger partial charge in [-0.05, 0) is 44.0 Å². The number of piperidine rings is 1. The average molecular weight is 501 g/mol. The Hall–Kier alpha value is -3.40. The van der Waals surface area contributed by atoms with Gasteiger partial charge in [0.05, 0.1) is 13.2 Å². The topological polar surface area (TPSA) is 71.3 Å². The van der Waals surface area contributed by atoms with E-state index in [1.807, 2.05) is 28.0 Å². The molecule has 0 unspecified atom stereocenters. The van der Waals surface area contributed by atoms with Gasteiger partial charge in [0.2, 0.25) is 5.91 Å². The number of methoxy groups -OCH3 is 1. The predicted octanol–water partition coefficient (Wildman–Crippen LogP) is 3.76. The summed E-state index contributed by atoms with van der Waals surface area (Å²) in [6, 6.07) is 8.80. The van der Waals surface area contributed by atoms with Crippen molar-refractivity contribution in [3.63, 3.8) is 0 Å². The van der Waals surface area contributed by atoms with Crippen molar-refractivity contribution in [2.45, 2.75) is 25.9 Å². The number of anilines is 2. The Morgan fingerprint density at radius 3 is 2.39 bits per heavy atom. The van der Waals surface area contributed by atoms with Crippen molar-refractivity contribution in [2.24, 2.45) is 0 Å². The maximum atomic E-state index is 13.9. The molecule has 10 heteroatoms. The summed E-state index contributed by atoms with van der Waals surface area (Å²) in [7, 11) is 1.61. The van der Waals surface area contributed by atoms with E-state index in [-0.39, 0.29) is 24.2 Å². The molecule has 0 aliphatic carbocycles. The van der Waals surface area contributed by atoms with E-state index in [2.05, 4.69) is 4.98 Å². The molecule has 0 atom stereocenters. The molecule has 36 heavy (non-hydrogen) atoms. The quantitative estimate of drug-likeness (QED) is 0.511. The van der Waals surface area contributed by atoms with Crippen molar-refractivity contribution < 1.29 is 27.5 Å².